The Morgan fingerprint density at radius 1 is 1.00 bits per heavy atom. The van der Waals surface area contributed by atoms with E-state index in [-0.39, 0.29) is 11.7 Å². The van der Waals surface area contributed by atoms with Crippen LogP contribution in [0.5, 0.6) is 0 Å². The van der Waals surface area contributed by atoms with Crippen LogP contribution in [0.1, 0.15) is 55.3 Å². The number of benzene rings is 1. The Morgan fingerprint density at radius 2 is 1.67 bits per heavy atom. The first-order valence-electron chi connectivity index (χ1n) is 9.60. The third-order valence-corrected chi connectivity index (χ3v) is 4.09. The molecule has 4 nitrogen and oxygen atoms in total. The number of hydrogen-bond acceptors (Lipinski definition) is 3. The van der Waals surface area contributed by atoms with E-state index in [4.69, 9.17) is 10.5 Å². The summed E-state index contributed by atoms with van der Waals surface area (Å²) in [5.41, 5.74) is 6.38. The van der Waals surface area contributed by atoms with Gasteiger partial charge in [0.2, 0.25) is 5.91 Å². The molecule has 0 radical (unpaired) electrons. The summed E-state index contributed by atoms with van der Waals surface area (Å²) in [6.07, 6.45) is 13.8. The molecule has 0 saturated heterocycles. The van der Waals surface area contributed by atoms with Crippen molar-refractivity contribution in [3.8, 4) is 0 Å². The molecule has 1 rings (SSSR count). The van der Waals surface area contributed by atoms with E-state index in [0.29, 0.717) is 30.8 Å². The third kappa shape index (κ3) is 11.0. The molecular formula is C23H31NO3. The summed E-state index contributed by atoms with van der Waals surface area (Å²) in [4.78, 5) is 23.2. The summed E-state index contributed by atoms with van der Waals surface area (Å²) in [5, 5.41) is 0. The molecule has 0 fully saturated rings. The highest BCUT2D eigenvalue weighted by molar-refractivity contribution is 6.10. The fourth-order valence-corrected chi connectivity index (χ4v) is 2.61. The first kappa shape index (κ1) is 22.6. The van der Waals surface area contributed by atoms with Gasteiger partial charge in [0, 0.05) is 24.2 Å². The highest BCUT2D eigenvalue weighted by Gasteiger charge is 2.08. The Morgan fingerprint density at radius 3 is 2.33 bits per heavy atom. The zero-order valence-corrected chi connectivity index (χ0v) is 16.1. The van der Waals surface area contributed by atoms with Gasteiger partial charge in [0.25, 0.3) is 0 Å². The summed E-state index contributed by atoms with van der Waals surface area (Å²) in [5.74, 6) is -0.238. The van der Waals surface area contributed by atoms with Crippen LogP contribution >= 0.6 is 0 Å². The van der Waals surface area contributed by atoms with Crippen LogP contribution in [0.4, 0.5) is 0 Å². The summed E-state index contributed by atoms with van der Waals surface area (Å²) in [6, 6.07) is 9.21. The molecule has 0 aromatic heterocycles. The molecule has 2 N–H and O–H groups in total. The molecule has 1 aromatic carbocycles. The highest BCUT2D eigenvalue weighted by Crippen LogP contribution is 2.10. The quantitative estimate of drug-likeness (QED) is 0.209. The van der Waals surface area contributed by atoms with Crippen molar-refractivity contribution < 1.29 is 14.3 Å². The maximum atomic E-state index is 12.5. The van der Waals surface area contributed by atoms with E-state index in [1.807, 2.05) is 36.4 Å². The maximum absolute atomic E-state index is 12.5. The van der Waals surface area contributed by atoms with E-state index in [1.165, 1.54) is 0 Å². The minimum Gasteiger partial charge on any atom is -0.377 e. The number of ketones is 1. The fraction of sp³-hybridized carbons (Fsp3) is 0.391. The van der Waals surface area contributed by atoms with Gasteiger partial charge in [0.05, 0.1) is 6.61 Å². The molecule has 27 heavy (non-hydrogen) atoms. The van der Waals surface area contributed by atoms with Gasteiger partial charge in [-0.2, -0.15) is 0 Å². The van der Waals surface area contributed by atoms with Crippen molar-refractivity contribution in [2.24, 2.45) is 5.73 Å². The van der Waals surface area contributed by atoms with E-state index < -0.39 is 0 Å². The number of allylic oxidation sites excluding steroid dienone is 4. The average Bonchev–Trinajstić information content (AvgIpc) is 2.68. The second kappa shape index (κ2) is 14.7. The van der Waals surface area contributed by atoms with Crippen LogP contribution in [-0.4, -0.2) is 24.9 Å². The Bertz CT molecular complexity index is 632. The summed E-state index contributed by atoms with van der Waals surface area (Å²) >= 11 is 0. The van der Waals surface area contributed by atoms with E-state index >= 15 is 0 Å². The number of ether oxygens (including phenoxy) is 1. The van der Waals surface area contributed by atoms with Crippen LogP contribution < -0.4 is 5.73 Å². The van der Waals surface area contributed by atoms with Crippen LogP contribution in [0.25, 0.3) is 0 Å². The Balaban J connectivity index is 2.27. The molecule has 0 unspecified atom stereocenters. The number of carbonyl (C=O) groups is 2. The van der Waals surface area contributed by atoms with Gasteiger partial charge in [0.1, 0.15) is 0 Å². The smallest absolute Gasteiger partial charge is 0.217 e. The summed E-state index contributed by atoms with van der Waals surface area (Å²) in [6.45, 7) is 4.74. The normalized spacial score (nSPS) is 11.6. The monoisotopic (exact) mass is 369 g/mol. The number of hydrogen-bond donors (Lipinski definition) is 1. The third-order valence-electron chi connectivity index (χ3n) is 4.09. The number of nitrogens with two attached hydrogens (primary N) is 1. The maximum Gasteiger partial charge on any atom is 0.217 e. The SMILES string of the molecule is C=C/C=C\C(=C/COCCCCCCCCC(N)=O)C(=O)c1ccccc1. The van der Waals surface area contributed by atoms with Crippen molar-refractivity contribution in [3.63, 3.8) is 0 Å². The molecule has 0 aliphatic rings. The van der Waals surface area contributed by atoms with Crippen molar-refractivity contribution in [2.45, 2.75) is 44.9 Å². The van der Waals surface area contributed by atoms with Crippen LogP contribution in [0.3, 0.4) is 0 Å². The Kier molecular flexibility index (Phi) is 12.3. The van der Waals surface area contributed by atoms with Crippen molar-refractivity contribution in [1.82, 2.24) is 0 Å². The van der Waals surface area contributed by atoms with Gasteiger partial charge >= 0.3 is 0 Å². The standard InChI is InChI=1S/C23H31NO3/c1-2-3-13-21(23(26)20-14-9-8-10-15-20)17-19-27-18-12-7-5-4-6-11-16-22(24)25/h2-3,8-10,13-15,17H,1,4-7,11-12,16,18-19H2,(H2,24,25)/b13-3-,21-17+. The molecule has 0 aliphatic carbocycles. The van der Waals surface area contributed by atoms with Crippen molar-refractivity contribution in [1.29, 1.82) is 0 Å². The lowest BCUT2D eigenvalue weighted by Gasteiger charge is -2.05. The molecule has 0 saturated carbocycles. The number of Topliss-reactive ketones (excluding diaryl/α,β-unsaturated/α-hetero) is 1. The van der Waals surface area contributed by atoms with Gasteiger partial charge in [-0.25, -0.2) is 0 Å². The minimum absolute atomic E-state index is 0.0201. The average molecular weight is 370 g/mol. The van der Waals surface area contributed by atoms with Crippen molar-refractivity contribution in [3.05, 3.63) is 72.4 Å². The van der Waals surface area contributed by atoms with Gasteiger partial charge < -0.3 is 10.5 Å². The predicted molar refractivity (Wildman–Crippen MR) is 111 cm³/mol. The van der Waals surface area contributed by atoms with E-state index in [9.17, 15) is 9.59 Å². The van der Waals surface area contributed by atoms with Gasteiger partial charge in [-0.1, -0.05) is 80.8 Å². The lowest BCUT2D eigenvalue weighted by molar-refractivity contribution is -0.118. The first-order chi connectivity index (χ1) is 13.1. The Labute approximate surface area is 162 Å². The summed E-state index contributed by atoms with van der Waals surface area (Å²) < 4.78 is 5.64. The highest BCUT2D eigenvalue weighted by atomic mass is 16.5. The summed E-state index contributed by atoms with van der Waals surface area (Å²) in [7, 11) is 0. The lowest BCUT2D eigenvalue weighted by Crippen LogP contribution is -2.09. The lowest BCUT2D eigenvalue weighted by atomic mass is 10.0. The molecule has 0 heterocycles. The molecule has 1 amide bonds. The van der Waals surface area contributed by atoms with E-state index in [2.05, 4.69) is 6.58 Å². The van der Waals surface area contributed by atoms with Gasteiger partial charge in [0.15, 0.2) is 5.78 Å². The largest absolute Gasteiger partial charge is 0.377 e. The molecule has 0 spiro atoms. The van der Waals surface area contributed by atoms with Gasteiger partial charge in [-0.05, 0) is 18.9 Å². The predicted octanol–water partition coefficient (Wildman–Crippen LogP) is 4.77. The second-order valence-corrected chi connectivity index (χ2v) is 6.36. The fourth-order valence-electron chi connectivity index (χ4n) is 2.61. The number of rotatable bonds is 15. The zero-order valence-electron chi connectivity index (χ0n) is 16.1. The molecule has 0 atom stereocenters. The number of carbonyl (C=O) groups excluding carboxylic acids is 2. The van der Waals surface area contributed by atoms with Crippen LogP contribution in [0.2, 0.25) is 0 Å². The number of unbranched alkanes of at least 4 members (excludes halogenated alkanes) is 5. The molecule has 0 aliphatic heterocycles. The van der Waals surface area contributed by atoms with Crippen molar-refractivity contribution >= 4 is 11.7 Å². The molecule has 146 valence electrons. The number of primary amides is 1. The van der Waals surface area contributed by atoms with Gasteiger partial charge in [-0.3, -0.25) is 9.59 Å². The molecule has 1 aromatic rings. The molecule has 0 bridgehead atoms. The Hall–Kier alpha value is -2.46. The zero-order chi connectivity index (χ0) is 19.7. The second-order valence-electron chi connectivity index (χ2n) is 6.36. The van der Waals surface area contributed by atoms with Gasteiger partial charge in [-0.15, -0.1) is 0 Å². The van der Waals surface area contributed by atoms with Crippen LogP contribution in [0, 0.1) is 0 Å². The van der Waals surface area contributed by atoms with Crippen LogP contribution in [0.15, 0.2) is 66.8 Å². The minimum atomic E-state index is -0.218. The molecular weight excluding hydrogens is 338 g/mol. The van der Waals surface area contributed by atoms with E-state index in [0.717, 1.165) is 38.5 Å². The first-order valence-corrected chi connectivity index (χ1v) is 9.60. The van der Waals surface area contributed by atoms with Crippen molar-refractivity contribution in [2.75, 3.05) is 13.2 Å². The van der Waals surface area contributed by atoms with Crippen LogP contribution in [-0.2, 0) is 9.53 Å². The molecule has 4 heteroatoms. The van der Waals surface area contributed by atoms with E-state index in [1.54, 1.807) is 18.2 Å². The topological polar surface area (TPSA) is 69.4 Å². The number of amides is 1.